The van der Waals surface area contributed by atoms with Crippen LogP contribution in [0.1, 0.15) is 46.0 Å². The molecule has 162 valence electrons. The summed E-state index contributed by atoms with van der Waals surface area (Å²) >= 11 is 0. The van der Waals surface area contributed by atoms with E-state index in [9.17, 15) is 17.6 Å². The van der Waals surface area contributed by atoms with Crippen LogP contribution in [0.5, 0.6) is 0 Å². The van der Waals surface area contributed by atoms with Crippen LogP contribution in [-0.2, 0) is 19.6 Å². The normalized spacial score (nSPS) is 24.9. The molecule has 0 bridgehead atoms. The Morgan fingerprint density at radius 3 is 2.34 bits per heavy atom. The molecule has 1 aliphatic carbocycles. The average molecular weight is 428 g/mol. The number of benzene rings is 1. The second-order valence-corrected chi connectivity index (χ2v) is 10.0. The van der Waals surface area contributed by atoms with Gasteiger partial charge < -0.3 is 15.0 Å². The fourth-order valence-corrected chi connectivity index (χ4v) is 5.36. The van der Waals surface area contributed by atoms with Gasteiger partial charge in [-0.05, 0) is 44.9 Å². The maximum atomic E-state index is 14.8. The van der Waals surface area contributed by atoms with Crippen LogP contribution in [0.2, 0.25) is 0 Å². The number of nitrogens with one attached hydrogen (secondary N) is 2. The zero-order valence-corrected chi connectivity index (χ0v) is 18.0. The molecule has 1 aromatic rings. The first-order valence-electron chi connectivity index (χ1n) is 10.1. The molecule has 2 aliphatic rings. The summed E-state index contributed by atoms with van der Waals surface area (Å²) in [5.41, 5.74) is -0.409. The van der Waals surface area contributed by atoms with Crippen LogP contribution >= 0.6 is 0 Å². The van der Waals surface area contributed by atoms with Crippen molar-refractivity contribution in [2.45, 2.75) is 63.7 Å². The van der Waals surface area contributed by atoms with Gasteiger partial charge >= 0.3 is 0 Å². The SMILES string of the molecule is C[C@H]1CN(c2ccc(NC(=O)C3(NS(C)(=O)=O)CCCCC3)cc2F)C[C@H](C)O1. The molecule has 1 amide bonds. The molecule has 3 rings (SSSR count). The fraction of sp³-hybridized carbons (Fsp3) is 0.650. The van der Waals surface area contributed by atoms with Crippen LogP contribution in [0.4, 0.5) is 15.8 Å². The summed E-state index contributed by atoms with van der Waals surface area (Å²) in [5, 5.41) is 2.71. The number of hydrogen-bond acceptors (Lipinski definition) is 5. The number of nitrogens with zero attached hydrogens (tertiary/aromatic N) is 1. The molecule has 1 heterocycles. The highest BCUT2D eigenvalue weighted by Gasteiger charge is 2.42. The van der Waals surface area contributed by atoms with Gasteiger partial charge in [0, 0.05) is 18.8 Å². The molecule has 0 aromatic heterocycles. The van der Waals surface area contributed by atoms with Crippen LogP contribution in [0.25, 0.3) is 0 Å². The lowest BCUT2D eigenvalue weighted by Gasteiger charge is -2.37. The lowest BCUT2D eigenvalue weighted by Crippen LogP contribution is -2.57. The van der Waals surface area contributed by atoms with E-state index in [1.165, 1.54) is 6.07 Å². The summed E-state index contributed by atoms with van der Waals surface area (Å²) in [7, 11) is -3.56. The van der Waals surface area contributed by atoms with Crippen molar-refractivity contribution in [1.29, 1.82) is 0 Å². The Hall–Kier alpha value is -1.71. The molecule has 1 aromatic carbocycles. The van der Waals surface area contributed by atoms with Crippen molar-refractivity contribution in [3.63, 3.8) is 0 Å². The minimum atomic E-state index is -3.56. The zero-order chi connectivity index (χ0) is 21.2. The van der Waals surface area contributed by atoms with Crippen molar-refractivity contribution in [2.75, 3.05) is 29.6 Å². The topological polar surface area (TPSA) is 87.7 Å². The fourth-order valence-electron chi connectivity index (χ4n) is 4.35. The molecule has 7 nitrogen and oxygen atoms in total. The van der Waals surface area contributed by atoms with E-state index < -0.39 is 27.3 Å². The van der Waals surface area contributed by atoms with E-state index in [0.717, 1.165) is 25.5 Å². The summed E-state index contributed by atoms with van der Waals surface area (Å²) in [5.74, 6) is -0.874. The van der Waals surface area contributed by atoms with Crippen molar-refractivity contribution >= 4 is 27.3 Å². The van der Waals surface area contributed by atoms with Crippen molar-refractivity contribution in [3.8, 4) is 0 Å². The first-order chi connectivity index (χ1) is 13.6. The number of halogens is 1. The van der Waals surface area contributed by atoms with Gasteiger partial charge in [0.25, 0.3) is 0 Å². The predicted octanol–water partition coefficient (Wildman–Crippen LogP) is 2.63. The third-order valence-corrected chi connectivity index (χ3v) is 6.25. The molecule has 2 N–H and O–H groups in total. The van der Waals surface area contributed by atoms with Gasteiger partial charge in [-0.1, -0.05) is 19.3 Å². The van der Waals surface area contributed by atoms with E-state index in [0.29, 0.717) is 37.3 Å². The molecule has 2 fully saturated rings. The number of sulfonamides is 1. The summed E-state index contributed by atoms with van der Waals surface area (Å²) < 4.78 is 46.7. The monoisotopic (exact) mass is 427 g/mol. The number of carbonyl (C=O) groups excluding carboxylic acids is 1. The van der Waals surface area contributed by atoms with Crippen molar-refractivity contribution in [2.24, 2.45) is 0 Å². The molecule has 0 radical (unpaired) electrons. The number of morpholine rings is 1. The maximum Gasteiger partial charge on any atom is 0.245 e. The molecule has 0 unspecified atom stereocenters. The van der Waals surface area contributed by atoms with Crippen molar-refractivity contribution < 1.29 is 22.3 Å². The molecule has 0 spiro atoms. The maximum absolute atomic E-state index is 14.8. The minimum absolute atomic E-state index is 0.00533. The van der Waals surface area contributed by atoms with E-state index >= 15 is 0 Å². The Morgan fingerprint density at radius 2 is 1.79 bits per heavy atom. The van der Waals surface area contributed by atoms with Crippen LogP contribution in [-0.4, -0.2) is 51.4 Å². The van der Waals surface area contributed by atoms with Gasteiger partial charge in [0.15, 0.2) is 0 Å². The highest BCUT2D eigenvalue weighted by atomic mass is 32.2. The number of carbonyl (C=O) groups is 1. The molecule has 1 aliphatic heterocycles. The number of hydrogen-bond donors (Lipinski definition) is 2. The highest BCUT2D eigenvalue weighted by molar-refractivity contribution is 7.88. The molecular weight excluding hydrogens is 397 g/mol. The quantitative estimate of drug-likeness (QED) is 0.754. The molecule has 29 heavy (non-hydrogen) atoms. The average Bonchev–Trinajstić information content (AvgIpc) is 2.60. The molecule has 1 saturated heterocycles. The Morgan fingerprint density at radius 1 is 1.17 bits per heavy atom. The van der Waals surface area contributed by atoms with Gasteiger partial charge in [0.2, 0.25) is 15.9 Å². The summed E-state index contributed by atoms with van der Waals surface area (Å²) in [6, 6.07) is 4.58. The van der Waals surface area contributed by atoms with E-state index in [1.54, 1.807) is 12.1 Å². The molecule has 9 heteroatoms. The third-order valence-electron chi connectivity index (χ3n) is 5.49. The van der Waals surface area contributed by atoms with Gasteiger partial charge in [-0.3, -0.25) is 4.79 Å². The van der Waals surface area contributed by atoms with Gasteiger partial charge in [-0.25, -0.2) is 12.8 Å². The van der Waals surface area contributed by atoms with E-state index in [2.05, 4.69) is 10.0 Å². The van der Waals surface area contributed by atoms with Gasteiger partial charge in [-0.2, -0.15) is 4.72 Å². The third kappa shape index (κ3) is 5.46. The Kier molecular flexibility index (Phi) is 6.50. The van der Waals surface area contributed by atoms with E-state index in [4.69, 9.17) is 4.74 Å². The number of ether oxygens (including phenoxy) is 1. The smallest absolute Gasteiger partial charge is 0.245 e. The second kappa shape index (κ2) is 8.57. The molecular formula is C20H30FN3O4S. The second-order valence-electron chi connectivity index (χ2n) is 8.30. The lowest BCUT2D eigenvalue weighted by atomic mass is 9.82. The molecule has 1 saturated carbocycles. The van der Waals surface area contributed by atoms with Gasteiger partial charge in [-0.15, -0.1) is 0 Å². The summed E-state index contributed by atoms with van der Waals surface area (Å²) in [4.78, 5) is 14.9. The number of rotatable bonds is 5. The van der Waals surface area contributed by atoms with Crippen LogP contribution in [0.3, 0.4) is 0 Å². The first kappa shape index (κ1) is 22.0. The van der Waals surface area contributed by atoms with Crippen LogP contribution in [0.15, 0.2) is 18.2 Å². The van der Waals surface area contributed by atoms with Crippen LogP contribution in [0, 0.1) is 5.82 Å². The first-order valence-corrected chi connectivity index (χ1v) is 12.0. The Balaban J connectivity index is 1.77. The summed E-state index contributed by atoms with van der Waals surface area (Å²) in [6.07, 6.45) is 4.39. The highest BCUT2D eigenvalue weighted by Crippen LogP contribution is 2.31. The van der Waals surface area contributed by atoms with Gasteiger partial charge in [0.1, 0.15) is 11.4 Å². The molecule has 2 atom stereocenters. The predicted molar refractivity (Wildman–Crippen MR) is 111 cm³/mol. The lowest BCUT2D eigenvalue weighted by molar-refractivity contribution is -0.122. The standard InChI is InChI=1S/C20H30FN3O4S/c1-14-12-24(13-15(2)28-14)18-8-7-16(11-17(18)21)22-19(25)20(23-29(3,26)27)9-5-4-6-10-20/h7-8,11,14-15,23H,4-6,9-10,12-13H2,1-3H3,(H,22,25)/t14-,15-/m0/s1. The van der Waals surface area contributed by atoms with E-state index in [1.807, 2.05) is 18.7 Å². The number of anilines is 2. The van der Waals surface area contributed by atoms with Crippen molar-refractivity contribution in [3.05, 3.63) is 24.0 Å². The van der Waals surface area contributed by atoms with Crippen molar-refractivity contribution in [1.82, 2.24) is 4.72 Å². The summed E-state index contributed by atoms with van der Waals surface area (Å²) in [6.45, 7) is 5.09. The minimum Gasteiger partial charge on any atom is -0.372 e. The Bertz CT molecular complexity index is 845. The Labute approximate surface area is 172 Å². The van der Waals surface area contributed by atoms with Crippen LogP contribution < -0.4 is 14.9 Å². The van der Waals surface area contributed by atoms with Gasteiger partial charge in [0.05, 0.1) is 24.2 Å². The van der Waals surface area contributed by atoms with E-state index in [-0.39, 0.29) is 12.2 Å². The largest absolute Gasteiger partial charge is 0.372 e. The zero-order valence-electron chi connectivity index (χ0n) is 17.2. The number of amides is 1.